The van der Waals surface area contributed by atoms with Crippen LogP contribution in [0.4, 0.5) is 0 Å². The lowest BCUT2D eigenvalue weighted by molar-refractivity contribution is 0.237. The first-order valence-electron chi connectivity index (χ1n) is 3.61. The first-order chi connectivity index (χ1) is 6.22. The Bertz CT molecular complexity index is 344. The van der Waals surface area contributed by atoms with E-state index in [-0.39, 0.29) is 29.6 Å². The molecule has 1 N–H and O–H groups in total. The highest BCUT2D eigenvalue weighted by Crippen LogP contribution is 2.27. The molecule has 66 valence electrons. The number of allylic oxidation sites excluding steroid dienone is 1. The topological polar surface area (TPSA) is 71.4 Å². The van der Waals surface area contributed by atoms with Gasteiger partial charge in [-0.05, 0) is 0 Å². The molecular weight excluding hydrogens is 172 g/mol. The third-order valence-corrected chi connectivity index (χ3v) is 1.87. The van der Waals surface area contributed by atoms with E-state index in [4.69, 9.17) is 0 Å². The summed E-state index contributed by atoms with van der Waals surface area (Å²) in [6.07, 6.45) is -1.15. The minimum absolute atomic E-state index is 0.0112. The summed E-state index contributed by atoms with van der Waals surface area (Å²) in [5.74, 6) is 4.61. The van der Waals surface area contributed by atoms with Crippen LogP contribution in [0.1, 0.15) is 12.8 Å². The summed E-state index contributed by atoms with van der Waals surface area (Å²) in [5, 5.41) is 9.30. The number of aliphatic hydroxyl groups excluding tert-OH is 1. The van der Waals surface area contributed by atoms with Crippen LogP contribution < -0.4 is 0 Å². The Morgan fingerprint density at radius 1 is 1.00 bits per heavy atom. The molecule has 0 aromatic heterocycles. The molecule has 1 rings (SSSR count). The molecule has 0 spiro atoms. The molecule has 0 heterocycles. The Kier molecular flexibility index (Phi) is 2.76. The summed E-state index contributed by atoms with van der Waals surface area (Å²) in [4.78, 5) is 30.8. The van der Waals surface area contributed by atoms with Crippen LogP contribution in [-0.4, -0.2) is 29.0 Å². The van der Waals surface area contributed by atoms with Gasteiger partial charge >= 0.3 is 0 Å². The summed E-state index contributed by atoms with van der Waals surface area (Å²) >= 11 is 0. The summed E-state index contributed by atoms with van der Waals surface area (Å²) in [7, 11) is 0. The van der Waals surface area contributed by atoms with Crippen molar-refractivity contribution in [3.63, 3.8) is 0 Å². The smallest absolute Gasteiger partial charge is 0.127 e. The average molecular weight is 178 g/mol. The highest BCUT2D eigenvalue weighted by molar-refractivity contribution is 5.70. The second-order valence-electron chi connectivity index (χ2n) is 2.72. The molecular formula is C9H6O4. The van der Waals surface area contributed by atoms with E-state index in [9.17, 15) is 19.5 Å². The second-order valence-corrected chi connectivity index (χ2v) is 2.72. The minimum Gasteiger partial charge on any atom is -0.383 e. The molecule has 0 aromatic carbocycles. The third-order valence-electron chi connectivity index (χ3n) is 1.87. The van der Waals surface area contributed by atoms with E-state index in [1.807, 2.05) is 0 Å². The van der Waals surface area contributed by atoms with Crippen molar-refractivity contribution in [3.05, 3.63) is 16.7 Å². The van der Waals surface area contributed by atoms with Gasteiger partial charge in [0, 0.05) is 18.4 Å². The molecule has 4 heteroatoms. The number of carbonyl (C=O) groups excluding carboxylic acids is 3. The summed E-state index contributed by atoms with van der Waals surface area (Å²) in [6.45, 7) is 0. The molecule has 4 nitrogen and oxygen atoms in total. The lowest BCUT2D eigenvalue weighted by Gasteiger charge is -2.18. The summed E-state index contributed by atoms with van der Waals surface area (Å²) in [5.41, 5.74) is 0.243. The van der Waals surface area contributed by atoms with Crippen molar-refractivity contribution in [2.45, 2.75) is 18.9 Å². The zero-order valence-corrected chi connectivity index (χ0v) is 6.66. The molecule has 0 atom stereocenters. The zero-order valence-electron chi connectivity index (χ0n) is 6.66. The van der Waals surface area contributed by atoms with Crippen LogP contribution in [0.25, 0.3) is 0 Å². The van der Waals surface area contributed by atoms with Crippen molar-refractivity contribution >= 4 is 17.8 Å². The van der Waals surface area contributed by atoms with Crippen molar-refractivity contribution in [2.24, 2.45) is 0 Å². The predicted octanol–water partition coefficient (Wildman–Crippen LogP) is -0.585. The molecule has 0 unspecified atom stereocenters. The van der Waals surface area contributed by atoms with Crippen LogP contribution in [-0.2, 0) is 14.4 Å². The van der Waals surface area contributed by atoms with Gasteiger partial charge in [0.2, 0.25) is 0 Å². The second kappa shape index (κ2) is 3.81. The van der Waals surface area contributed by atoms with E-state index in [0.29, 0.717) is 0 Å². The van der Waals surface area contributed by atoms with Crippen LogP contribution in [0.15, 0.2) is 16.7 Å². The van der Waals surface area contributed by atoms with Crippen LogP contribution in [0.5, 0.6) is 0 Å². The van der Waals surface area contributed by atoms with E-state index < -0.39 is 6.10 Å². The molecule has 0 saturated heterocycles. The fourth-order valence-corrected chi connectivity index (χ4v) is 1.18. The molecule has 1 aliphatic carbocycles. The van der Waals surface area contributed by atoms with Gasteiger partial charge in [-0.3, -0.25) is 0 Å². The van der Waals surface area contributed by atoms with Crippen molar-refractivity contribution < 1.29 is 19.5 Å². The summed E-state index contributed by atoms with van der Waals surface area (Å²) < 4.78 is 0. The van der Waals surface area contributed by atoms with Gasteiger partial charge in [-0.25, -0.2) is 14.4 Å². The van der Waals surface area contributed by atoms with Gasteiger partial charge in [0.1, 0.15) is 23.9 Å². The van der Waals surface area contributed by atoms with Gasteiger partial charge in [-0.1, -0.05) is 0 Å². The molecule has 1 fully saturated rings. The fourth-order valence-electron chi connectivity index (χ4n) is 1.18. The van der Waals surface area contributed by atoms with Gasteiger partial charge in [0.25, 0.3) is 0 Å². The number of hydrogen-bond donors (Lipinski definition) is 1. The molecule has 0 bridgehead atoms. The standard InChI is InChI=1S/C9H6O4/c10-3-6-1-7(4-11)9(13)8(2-6)5-12/h9,13H,1-2H2. The monoisotopic (exact) mass is 178 g/mol. The highest BCUT2D eigenvalue weighted by atomic mass is 16.3. The SMILES string of the molecule is O=C=C1CC(=C=O)C(O)C(=C=O)C1. The Balaban J connectivity index is 3.15. The Hall–Kier alpha value is -1.69. The van der Waals surface area contributed by atoms with Gasteiger partial charge in [-0.15, -0.1) is 0 Å². The normalized spacial score (nSPS) is 21.9. The van der Waals surface area contributed by atoms with Crippen LogP contribution in [0.3, 0.4) is 0 Å². The molecule has 0 aliphatic heterocycles. The average Bonchev–Trinajstić information content (AvgIpc) is 2.18. The van der Waals surface area contributed by atoms with Crippen molar-refractivity contribution in [2.75, 3.05) is 0 Å². The Labute approximate surface area is 73.9 Å². The van der Waals surface area contributed by atoms with E-state index in [1.54, 1.807) is 5.94 Å². The molecule has 0 aromatic rings. The lowest BCUT2D eigenvalue weighted by Crippen LogP contribution is -2.21. The van der Waals surface area contributed by atoms with E-state index >= 15 is 0 Å². The van der Waals surface area contributed by atoms with Gasteiger partial charge < -0.3 is 5.11 Å². The zero-order chi connectivity index (χ0) is 9.84. The van der Waals surface area contributed by atoms with Crippen LogP contribution in [0.2, 0.25) is 0 Å². The van der Waals surface area contributed by atoms with E-state index in [0.717, 1.165) is 0 Å². The van der Waals surface area contributed by atoms with Gasteiger partial charge in [0.15, 0.2) is 0 Å². The third kappa shape index (κ3) is 1.73. The van der Waals surface area contributed by atoms with Crippen molar-refractivity contribution in [3.8, 4) is 0 Å². The Morgan fingerprint density at radius 2 is 1.46 bits per heavy atom. The maximum atomic E-state index is 10.3. The van der Waals surface area contributed by atoms with Crippen molar-refractivity contribution in [1.82, 2.24) is 0 Å². The van der Waals surface area contributed by atoms with E-state index in [1.165, 1.54) is 11.9 Å². The number of rotatable bonds is 0. The molecule has 0 radical (unpaired) electrons. The number of aliphatic hydroxyl groups is 1. The minimum atomic E-state index is -1.23. The predicted molar refractivity (Wildman–Crippen MR) is 42.9 cm³/mol. The number of hydrogen-bond acceptors (Lipinski definition) is 4. The highest BCUT2D eigenvalue weighted by Gasteiger charge is 2.26. The molecule has 1 aliphatic rings. The van der Waals surface area contributed by atoms with Gasteiger partial charge in [0.05, 0.1) is 11.1 Å². The summed E-state index contributed by atoms with van der Waals surface area (Å²) in [6, 6.07) is 0. The van der Waals surface area contributed by atoms with Crippen LogP contribution >= 0.6 is 0 Å². The first-order valence-corrected chi connectivity index (χ1v) is 3.61. The molecule has 1 saturated carbocycles. The Morgan fingerprint density at radius 3 is 1.77 bits per heavy atom. The lowest BCUT2D eigenvalue weighted by atomic mass is 9.86. The van der Waals surface area contributed by atoms with Gasteiger partial charge in [-0.2, -0.15) is 0 Å². The maximum absolute atomic E-state index is 10.3. The quantitative estimate of drug-likeness (QED) is 0.503. The molecule has 13 heavy (non-hydrogen) atoms. The van der Waals surface area contributed by atoms with Crippen LogP contribution in [0, 0.1) is 0 Å². The van der Waals surface area contributed by atoms with E-state index in [2.05, 4.69) is 0 Å². The first kappa shape index (κ1) is 9.40. The maximum Gasteiger partial charge on any atom is 0.127 e. The largest absolute Gasteiger partial charge is 0.383 e. The molecule has 0 amide bonds. The fraction of sp³-hybridized carbons (Fsp3) is 0.333. The van der Waals surface area contributed by atoms with Crippen molar-refractivity contribution in [1.29, 1.82) is 0 Å².